The molecule has 0 radical (unpaired) electrons. The largest absolute Gasteiger partial charge is 0.494 e. The predicted octanol–water partition coefficient (Wildman–Crippen LogP) is 4.50. The molecule has 0 unspecified atom stereocenters. The van der Waals surface area contributed by atoms with E-state index in [0.29, 0.717) is 35.8 Å². The van der Waals surface area contributed by atoms with Crippen molar-refractivity contribution in [3.63, 3.8) is 0 Å². The van der Waals surface area contributed by atoms with Crippen molar-refractivity contribution in [3.05, 3.63) is 71.2 Å². The number of hydrogen-bond donors (Lipinski definition) is 2. The van der Waals surface area contributed by atoms with Crippen LogP contribution in [0.1, 0.15) is 28.8 Å². The molecule has 0 aliphatic carbocycles. The summed E-state index contributed by atoms with van der Waals surface area (Å²) in [6, 6.07) is 14.6. The second-order valence-corrected chi connectivity index (χ2v) is 7.08. The molecule has 0 bridgehead atoms. The second-order valence-electron chi connectivity index (χ2n) is 6.18. The van der Waals surface area contributed by atoms with Gasteiger partial charge in [0.05, 0.1) is 6.61 Å². The fraction of sp³-hybridized carbons (Fsp3) is 0.190. The minimum absolute atomic E-state index is 0.0903. The molecule has 1 heterocycles. The highest BCUT2D eigenvalue weighted by atomic mass is 32.1. The minimum Gasteiger partial charge on any atom is -0.494 e. The highest BCUT2D eigenvalue weighted by Crippen LogP contribution is 2.15. The first kappa shape index (κ1) is 19.6. The number of hydrogen-bond acceptors (Lipinski definition) is 5. The van der Waals surface area contributed by atoms with Crippen LogP contribution in [0.3, 0.4) is 0 Å². The molecule has 2 amide bonds. The Hall–Kier alpha value is -3.19. The van der Waals surface area contributed by atoms with Crippen LogP contribution < -0.4 is 15.4 Å². The number of nitrogens with one attached hydrogen (secondary N) is 2. The van der Waals surface area contributed by atoms with E-state index < -0.39 is 0 Å². The number of amides is 2. The van der Waals surface area contributed by atoms with Gasteiger partial charge in [0, 0.05) is 29.2 Å². The number of carbonyl (C=O) groups excluding carboxylic acids is 2. The molecule has 0 aliphatic rings. The van der Waals surface area contributed by atoms with Gasteiger partial charge in [-0.25, -0.2) is 4.98 Å². The number of aromatic nitrogens is 1. The SMILES string of the molecule is Cc1ccc(OCCCC(=O)Nc2ccc(C(=O)Nc3nccs3)cc2)cc1. The van der Waals surface area contributed by atoms with E-state index in [1.165, 1.54) is 16.9 Å². The molecule has 0 atom stereocenters. The molecule has 0 fully saturated rings. The summed E-state index contributed by atoms with van der Waals surface area (Å²) in [6.07, 6.45) is 2.61. The van der Waals surface area contributed by atoms with E-state index in [1.807, 2.05) is 31.2 Å². The third kappa shape index (κ3) is 5.92. The highest BCUT2D eigenvalue weighted by molar-refractivity contribution is 7.13. The van der Waals surface area contributed by atoms with Gasteiger partial charge in [0.1, 0.15) is 5.75 Å². The zero-order chi connectivity index (χ0) is 19.8. The summed E-state index contributed by atoms with van der Waals surface area (Å²) in [4.78, 5) is 28.2. The lowest BCUT2D eigenvalue weighted by molar-refractivity contribution is -0.116. The van der Waals surface area contributed by atoms with E-state index in [0.717, 1.165) is 5.75 Å². The van der Waals surface area contributed by atoms with E-state index in [4.69, 9.17) is 4.74 Å². The lowest BCUT2D eigenvalue weighted by Gasteiger charge is -2.08. The van der Waals surface area contributed by atoms with Gasteiger partial charge >= 0.3 is 0 Å². The van der Waals surface area contributed by atoms with Gasteiger partial charge in [0.15, 0.2) is 5.13 Å². The maximum absolute atomic E-state index is 12.1. The van der Waals surface area contributed by atoms with E-state index in [1.54, 1.807) is 35.8 Å². The summed E-state index contributed by atoms with van der Waals surface area (Å²) in [7, 11) is 0. The van der Waals surface area contributed by atoms with E-state index in [9.17, 15) is 9.59 Å². The van der Waals surface area contributed by atoms with Crippen LogP contribution in [0, 0.1) is 6.92 Å². The second kappa shape index (κ2) is 9.66. The van der Waals surface area contributed by atoms with Crippen molar-refractivity contribution in [1.82, 2.24) is 4.98 Å². The normalized spacial score (nSPS) is 10.3. The first-order valence-corrected chi connectivity index (χ1v) is 9.78. The van der Waals surface area contributed by atoms with Crippen molar-refractivity contribution in [2.45, 2.75) is 19.8 Å². The van der Waals surface area contributed by atoms with Crippen molar-refractivity contribution >= 4 is 34.0 Å². The molecular formula is C21H21N3O3S. The number of aryl methyl sites for hydroxylation is 1. The zero-order valence-corrected chi connectivity index (χ0v) is 16.3. The average Bonchev–Trinajstić information content (AvgIpc) is 3.20. The Labute approximate surface area is 167 Å². The molecule has 28 heavy (non-hydrogen) atoms. The zero-order valence-electron chi connectivity index (χ0n) is 15.5. The number of thiazole rings is 1. The first-order valence-electron chi connectivity index (χ1n) is 8.90. The van der Waals surface area contributed by atoms with Crippen molar-refractivity contribution in [1.29, 1.82) is 0 Å². The first-order chi connectivity index (χ1) is 13.6. The van der Waals surface area contributed by atoms with Gasteiger partial charge in [-0.15, -0.1) is 11.3 Å². The molecule has 0 saturated heterocycles. The number of anilines is 2. The van der Waals surface area contributed by atoms with E-state index in [2.05, 4.69) is 15.6 Å². The van der Waals surface area contributed by atoms with Crippen molar-refractivity contribution in [2.75, 3.05) is 17.2 Å². The van der Waals surface area contributed by atoms with Crippen molar-refractivity contribution < 1.29 is 14.3 Å². The molecule has 2 aromatic carbocycles. The topological polar surface area (TPSA) is 80.3 Å². The fourth-order valence-electron chi connectivity index (χ4n) is 2.44. The Morgan fingerprint density at radius 1 is 1.04 bits per heavy atom. The molecular weight excluding hydrogens is 374 g/mol. The predicted molar refractivity (Wildman–Crippen MR) is 111 cm³/mol. The van der Waals surface area contributed by atoms with Crippen LogP contribution in [0.15, 0.2) is 60.1 Å². The lowest BCUT2D eigenvalue weighted by Crippen LogP contribution is -2.14. The standard InChI is InChI=1S/C21H21N3O3S/c1-15-4-10-18(11-5-15)27-13-2-3-19(25)23-17-8-6-16(7-9-17)20(26)24-21-22-12-14-28-21/h4-12,14H,2-3,13H2,1H3,(H,23,25)(H,22,24,26). The maximum atomic E-state index is 12.1. The van der Waals surface area contributed by atoms with Gasteiger partial charge in [0.25, 0.3) is 5.91 Å². The Kier molecular flexibility index (Phi) is 6.75. The molecule has 1 aromatic heterocycles. The summed E-state index contributed by atoms with van der Waals surface area (Å²) in [5.74, 6) is 0.478. The van der Waals surface area contributed by atoms with E-state index >= 15 is 0 Å². The number of rotatable bonds is 8. The fourth-order valence-corrected chi connectivity index (χ4v) is 2.96. The van der Waals surface area contributed by atoms with Crippen LogP contribution in [-0.2, 0) is 4.79 Å². The Morgan fingerprint density at radius 2 is 1.79 bits per heavy atom. The molecule has 7 heteroatoms. The van der Waals surface area contributed by atoms with Gasteiger partial charge in [-0.05, 0) is 49.7 Å². The summed E-state index contributed by atoms with van der Waals surface area (Å²) in [5.41, 5.74) is 2.33. The quantitative estimate of drug-likeness (QED) is 0.550. The molecule has 0 aliphatic heterocycles. The van der Waals surface area contributed by atoms with Crippen LogP contribution in [0.5, 0.6) is 5.75 Å². The molecule has 3 rings (SSSR count). The highest BCUT2D eigenvalue weighted by Gasteiger charge is 2.08. The summed E-state index contributed by atoms with van der Waals surface area (Å²) >= 11 is 1.36. The van der Waals surface area contributed by atoms with Crippen LogP contribution in [0.25, 0.3) is 0 Å². The molecule has 6 nitrogen and oxygen atoms in total. The molecule has 2 N–H and O–H groups in total. The monoisotopic (exact) mass is 395 g/mol. The van der Waals surface area contributed by atoms with Crippen LogP contribution in [0.4, 0.5) is 10.8 Å². The van der Waals surface area contributed by atoms with Gasteiger partial charge in [-0.3, -0.25) is 14.9 Å². The number of ether oxygens (including phenoxy) is 1. The number of carbonyl (C=O) groups is 2. The van der Waals surface area contributed by atoms with Gasteiger partial charge in [0.2, 0.25) is 5.91 Å². The Bertz CT molecular complexity index is 907. The summed E-state index contributed by atoms with van der Waals surface area (Å²) < 4.78 is 5.62. The molecule has 0 spiro atoms. The number of benzene rings is 2. The van der Waals surface area contributed by atoms with Gasteiger partial charge in [-0.2, -0.15) is 0 Å². The number of nitrogens with zero attached hydrogens (tertiary/aromatic N) is 1. The summed E-state index contributed by atoms with van der Waals surface area (Å²) in [5, 5.41) is 7.88. The van der Waals surface area contributed by atoms with Crippen LogP contribution >= 0.6 is 11.3 Å². The minimum atomic E-state index is -0.235. The maximum Gasteiger partial charge on any atom is 0.257 e. The smallest absolute Gasteiger partial charge is 0.257 e. The molecule has 0 saturated carbocycles. The van der Waals surface area contributed by atoms with E-state index in [-0.39, 0.29) is 11.8 Å². The van der Waals surface area contributed by atoms with Crippen LogP contribution in [-0.4, -0.2) is 23.4 Å². The Morgan fingerprint density at radius 3 is 2.46 bits per heavy atom. The lowest BCUT2D eigenvalue weighted by atomic mass is 10.2. The van der Waals surface area contributed by atoms with Crippen LogP contribution in [0.2, 0.25) is 0 Å². The Balaban J connectivity index is 1.40. The van der Waals surface area contributed by atoms with Gasteiger partial charge < -0.3 is 10.1 Å². The molecule has 3 aromatic rings. The summed E-state index contributed by atoms with van der Waals surface area (Å²) in [6.45, 7) is 2.50. The third-order valence-corrected chi connectivity index (χ3v) is 4.61. The van der Waals surface area contributed by atoms with Crippen molar-refractivity contribution in [3.8, 4) is 5.75 Å². The molecule has 144 valence electrons. The van der Waals surface area contributed by atoms with Gasteiger partial charge in [-0.1, -0.05) is 17.7 Å². The third-order valence-electron chi connectivity index (χ3n) is 3.92. The average molecular weight is 395 g/mol. The van der Waals surface area contributed by atoms with Crippen molar-refractivity contribution in [2.24, 2.45) is 0 Å².